The average molecular weight is 369 g/mol. The summed E-state index contributed by atoms with van der Waals surface area (Å²) in [6.45, 7) is 2.68. The number of fused-ring (bicyclic) bond motifs is 2. The molecule has 28 heavy (non-hydrogen) atoms. The molecule has 6 heteroatoms. The zero-order valence-corrected chi connectivity index (χ0v) is 15.4. The summed E-state index contributed by atoms with van der Waals surface area (Å²) in [5.74, 6) is 0.231. The minimum atomic E-state index is 0.231. The summed E-state index contributed by atoms with van der Waals surface area (Å²) in [6.07, 6.45) is 11.9. The Kier molecular flexibility index (Phi) is 3.83. The number of aromatic hydroxyl groups is 1. The van der Waals surface area contributed by atoms with Crippen molar-refractivity contribution in [3.05, 3.63) is 78.8 Å². The van der Waals surface area contributed by atoms with Crippen LogP contribution >= 0.6 is 0 Å². The third kappa shape index (κ3) is 2.70. The number of pyridine rings is 3. The van der Waals surface area contributed by atoms with E-state index in [1.165, 1.54) is 0 Å². The predicted octanol–water partition coefficient (Wildman–Crippen LogP) is 4.00. The lowest BCUT2D eigenvalue weighted by molar-refractivity contribution is 0.422. The number of nitrogens with zero attached hydrogens (tertiary/aromatic N) is 5. The first kappa shape index (κ1) is 16.5. The predicted molar refractivity (Wildman–Crippen MR) is 108 cm³/mol. The fourth-order valence-corrected chi connectivity index (χ4v) is 3.67. The number of hydrogen-bond acceptors (Lipinski definition) is 4. The highest BCUT2D eigenvalue weighted by Gasteiger charge is 2.15. The Bertz CT molecular complexity index is 1290. The normalized spacial score (nSPS) is 11.5. The van der Waals surface area contributed by atoms with Crippen molar-refractivity contribution in [2.45, 2.75) is 19.9 Å². The zero-order chi connectivity index (χ0) is 19.1. The molecule has 0 radical (unpaired) electrons. The van der Waals surface area contributed by atoms with Crippen LogP contribution < -0.4 is 0 Å². The maximum Gasteiger partial charge on any atom is 0.201 e. The summed E-state index contributed by atoms with van der Waals surface area (Å²) >= 11 is 0. The summed E-state index contributed by atoms with van der Waals surface area (Å²) in [6, 6.07) is 9.87. The summed E-state index contributed by atoms with van der Waals surface area (Å²) in [7, 11) is 0. The summed E-state index contributed by atoms with van der Waals surface area (Å²) < 4.78 is 3.89. The summed E-state index contributed by atoms with van der Waals surface area (Å²) in [5, 5.41) is 11.6. The number of aromatic nitrogens is 5. The molecule has 0 saturated carbocycles. The van der Waals surface area contributed by atoms with Crippen LogP contribution in [0.15, 0.2) is 67.5 Å². The van der Waals surface area contributed by atoms with E-state index in [-0.39, 0.29) is 5.88 Å². The van der Waals surface area contributed by atoms with E-state index in [0.717, 1.165) is 45.4 Å². The molecule has 1 N–H and O–H groups in total. The maximum atomic E-state index is 10.9. The van der Waals surface area contributed by atoms with Gasteiger partial charge in [-0.1, -0.05) is 6.07 Å². The first-order valence-electron chi connectivity index (χ1n) is 9.21. The SMILES string of the molecule is Cc1cccn2cc(CCn3cc4nccc(-c5ccncc5)c4c3O)nc12. The fraction of sp³-hybridized carbons (Fsp3) is 0.136. The minimum absolute atomic E-state index is 0.231. The van der Waals surface area contributed by atoms with Gasteiger partial charge in [0.1, 0.15) is 5.65 Å². The Hall–Kier alpha value is -3.67. The van der Waals surface area contributed by atoms with Gasteiger partial charge >= 0.3 is 0 Å². The van der Waals surface area contributed by atoms with Crippen LogP contribution in [0.4, 0.5) is 0 Å². The van der Waals surface area contributed by atoms with Crippen LogP contribution in [0.25, 0.3) is 27.7 Å². The van der Waals surface area contributed by atoms with Crippen LogP contribution in [-0.2, 0) is 13.0 Å². The molecule has 5 aromatic rings. The first-order chi connectivity index (χ1) is 13.7. The molecule has 0 aromatic carbocycles. The quantitative estimate of drug-likeness (QED) is 0.520. The highest BCUT2D eigenvalue weighted by atomic mass is 16.3. The maximum absolute atomic E-state index is 10.9. The van der Waals surface area contributed by atoms with Gasteiger partial charge in [-0.05, 0) is 47.9 Å². The Balaban J connectivity index is 1.49. The zero-order valence-electron chi connectivity index (χ0n) is 15.4. The lowest BCUT2D eigenvalue weighted by Gasteiger charge is -2.05. The Morgan fingerprint density at radius 3 is 2.71 bits per heavy atom. The molecule has 0 amide bonds. The molecular weight excluding hydrogens is 350 g/mol. The van der Waals surface area contributed by atoms with Crippen molar-refractivity contribution >= 4 is 16.6 Å². The summed E-state index contributed by atoms with van der Waals surface area (Å²) in [4.78, 5) is 13.2. The molecule has 0 unspecified atom stereocenters. The number of aryl methyl sites for hydroxylation is 3. The van der Waals surface area contributed by atoms with E-state index < -0.39 is 0 Å². The Morgan fingerprint density at radius 2 is 1.89 bits per heavy atom. The van der Waals surface area contributed by atoms with E-state index in [4.69, 9.17) is 4.98 Å². The molecule has 138 valence electrons. The minimum Gasteiger partial charge on any atom is -0.494 e. The number of rotatable bonds is 4. The van der Waals surface area contributed by atoms with Crippen molar-refractivity contribution in [3.63, 3.8) is 0 Å². The van der Waals surface area contributed by atoms with E-state index in [1.54, 1.807) is 18.6 Å². The molecule has 0 bridgehead atoms. The highest BCUT2D eigenvalue weighted by Crippen LogP contribution is 2.35. The molecule has 0 aliphatic carbocycles. The van der Waals surface area contributed by atoms with Gasteiger partial charge in [-0.15, -0.1) is 0 Å². The van der Waals surface area contributed by atoms with Gasteiger partial charge in [0.15, 0.2) is 0 Å². The van der Waals surface area contributed by atoms with Crippen LogP contribution in [0, 0.1) is 6.92 Å². The molecule has 0 fully saturated rings. The first-order valence-corrected chi connectivity index (χ1v) is 9.21. The molecule has 0 aliphatic heterocycles. The van der Waals surface area contributed by atoms with Crippen LogP contribution in [0.2, 0.25) is 0 Å². The van der Waals surface area contributed by atoms with E-state index in [1.807, 2.05) is 51.8 Å². The van der Waals surface area contributed by atoms with Crippen molar-refractivity contribution < 1.29 is 5.11 Å². The van der Waals surface area contributed by atoms with E-state index in [2.05, 4.69) is 23.0 Å². The summed E-state index contributed by atoms with van der Waals surface area (Å²) in [5.41, 5.74) is 5.85. The van der Waals surface area contributed by atoms with Gasteiger partial charge in [0.05, 0.1) is 16.6 Å². The van der Waals surface area contributed by atoms with Gasteiger partial charge in [-0.25, -0.2) is 4.98 Å². The van der Waals surface area contributed by atoms with Crippen molar-refractivity contribution in [1.29, 1.82) is 0 Å². The highest BCUT2D eigenvalue weighted by molar-refractivity contribution is 5.98. The third-order valence-corrected chi connectivity index (χ3v) is 5.08. The molecule has 6 nitrogen and oxygen atoms in total. The van der Waals surface area contributed by atoms with Gasteiger partial charge in [-0.2, -0.15) is 0 Å². The average Bonchev–Trinajstić information content (AvgIpc) is 3.29. The second-order valence-electron chi connectivity index (χ2n) is 6.91. The molecule has 0 saturated heterocycles. The van der Waals surface area contributed by atoms with Gasteiger partial charge in [0, 0.05) is 50.1 Å². The Morgan fingerprint density at radius 1 is 1.04 bits per heavy atom. The monoisotopic (exact) mass is 369 g/mol. The van der Waals surface area contributed by atoms with Crippen molar-refractivity contribution in [3.8, 4) is 17.0 Å². The van der Waals surface area contributed by atoms with E-state index in [9.17, 15) is 5.11 Å². The lowest BCUT2D eigenvalue weighted by Crippen LogP contribution is -1.99. The van der Waals surface area contributed by atoms with Gasteiger partial charge in [0.25, 0.3) is 0 Å². The third-order valence-electron chi connectivity index (χ3n) is 5.08. The topological polar surface area (TPSA) is 68.2 Å². The molecule has 0 spiro atoms. The van der Waals surface area contributed by atoms with Crippen molar-refractivity contribution in [2.75, 3.05) is 0 Å². The van der Waals surface area contributed by atoms with E-state index >= 15 is 0 Å². The molecular formula is C22H19N5O. The van der Waals surface area contributed by atoms with Crippen molar-refractivity contribution in [2.24, 2.45) is 0 Å². The Labute approximate surface area is 161 Å². The fourth-order valence-electron chi connectivity index (χ4n) is 3.67. The number of imidazole rings is 1. The van der Waals surface area contributed by atoms with Crippen LogP contribution in [-0.4, -0.2) is 29.0 Å². The molecule has 0 aliphatic rings. The van der Waals surface area contributed by atoms with Crippen LogP contribution in [0.3, 0.4) is 0 Å². The largest absolute Gasteiger partial charge is 0.494 e. The molecule has 5 heterocycles. The molecule has 5 aromatic heterocycles. The molecule has 0 atom stereocenters. The van der Waals surface area contributed by atoms with Crippen LogP contribution in [0.1, 0.15) is 11.3 Å². The number of hydrogen-bond donors (Lipinski definition) is 1. The van der Waals surface area contributed by atoms with Gasteiger partial charge < -0.3 is 14.1 Å². The second kappa shape index (κ2) is 6.49. The van der Waals surface area contributed by atoms with Gasteiger partial charge in [-0.3, -0.25) is 9.97 Å². The standard InChI is InChI=1S/C22H19N5O/c1-15-3-2-11-26-13-17(25-21(15)26)7-12-27-14-19-20(22(27)28)18(6-10-24-19)16-4-8-23-9-5-16/h2-6,8-11,13-14,28H,7,12H2,1H3. The van der Waals surface area contributed by atoms with E-state index in [0.29, 0.717) is 6.54 Å². The lowest BCUT2D eigenvalue weighted by atomic mass is 10.1. The molecule has 5 rings (SSSR count). The smallest absolute Gasteiger partial charge is 0.201 e. The van der Waals surface area contributed by atoms with Crippen LogP contribution in [0.5, 0.6) is 5.88 Å². The van der Waals surface area contributed by atoms with Gasteiger partial charge in [0.2, 0.25) is 5.88 Å². The van der Waals surface area contributed by atoms with Crippen molar-refractivity contribution in [1.82, 2.24) is 23.9 Å². The second-order valence-corrected chi connectivity index (χ2v) is 6.91.